The Kier molecular flexibility index (Phi) is 5.57. The molecule has 2 aromatic rings. The zero-order chi connectivity index (χ0) is 16.3. The molecule has 0 aromatic heterocycles. The van der Waals surface area contributed by atoms with Crippen LogP contribution in [0.2, 0.25) is 15.1 Å². The van der Waals surface area contributed by atoms with E-state index in [2.05, 4.69) is 0 Å². The first-order valence-electron chi connectivity index (χ1n) is 6.42. The summed E-state index contributed by atoms with van der Waals surface area (Å²) in [7, 11) is 0. The highest BCUT2D eigenvalue weighted by molar-refractivity contribution is 6.35. The standard InChI is InChI=1S/C16H13Cl3O3/c1-9-5-12(6-10(2)16(9)19)22-15(20)8-21-14-4-3-11(17)7-13(14)18/h3-7H,8H2,1-2H3. The SMILES string of the molecule is Cc1cc(OC(=O)COc2ccc(Cl)cc2Cl)cc(C)c1Cl. The van der Waals surface area contributed by atoms with Crippen LogP contribution in [0.25, 0.3) is 0 Å². The molecule has 22 heavy (non-hydrogen) atoms. The Bertz CT molecular complexity index is 691. The minimum absolute atomic E-state index is 0.262. The summed E-state index contributed by atoms with van der Waals surface area (Å²) in [5.41, 5.74) is 1.68. The first-order chi connectivity index (χ1) is 10.4. The second kappa shape index (κ2) is 7.23. The molecule has 0 radical (unpaired) electrons. The molecule has 0 amide bonds. The van der Waals surface area contributed by atoms with Gasteiger partial charge >= 0.3 is 5.97 Å². The van der Waals surface area contributed by atoms with Gasteiger partial charge in [-0.2, -0.15) is 0 Å². The normalized spacial score (nSPS) is 10.4. The molecule has 0 atom stereocenters. The fourth-order valence-electron chi connectivity index (χ4n) is 1.85. The Morgan fingerprint density at radius 3 is 2.27 bits per heavy atom. The molecule has 6 heteroatoms. The smallest absolute Gasteiger partial charge is 0.349 e. The van der Waals surface area contributed by atoms with Gasteiger partial charge in [-0.15, -0.1) is 0 Å². The van der Waals surface area contributed by atoms with E-state index in [1.54, 1.807) is 24.3 Å². The minimum Gasteiger partial charge on any atom is -0.480 e. The van der Waals surface area contributed by atoms with Crippen LogP contribution >= 0.6 is 34.8 Å². The van der Waals surface area contributed by atoms with Crippen LogP contribution in [0.3, 0.4) is 0 Å². The summed E-state index contributed by atoms with van der Waals surface area (Å²) >= 11 is 17.8. The first kappa shape index (κ1) is 16.9. The maximum atomic E-state index is 11.8. The number of carbonyl (C=O) groups is 1. The van der Waals surface area contributed by atoms with Gasteiger partial charge < -0.3 is 9.47 Å². The van der Waals surface area contributed by atoms with Crippen LogP contribution in [0.4, 0.5) is 0 Å². The molecule has 0 heterocycles. The summed E-state index contributed by atoms with van der Waals surface area (Å²) in [4.78, 5) is 11.8. The van der Waals surface area contributed by atoms with Crippen molar-refractivity contribution in [2.75, 3.05) is 6.61 Å². The molecule has 116 valence electrons. The molecule has 0 aliphatic carbocycles. The number of esters is 1. The zero-order valence-electron chi connectivity index (χ0n) is 12.0. The van der Waals surface area contributed by atoms with E-state index in [4.69, 9.17) is 44.3 Å². The van der Waals surface area contributed by atoms with Crippen molar-refractivity contribution in [3.05, 3.63) is 56.5 Å². The number of ether oxygens (including phenoxy) is 2. The molecule has 2 rings (SSSR count). The summed E-state index contributed by atoms with van der Waals surface area (Å²) in [5.74, 6) is 0.258. The maximum absolute atomic E-state index is 11.8. The van der Waals surface area contributed by atoms with E-state index in [1.165, 1.54) is 6.07 Å². The first-order valence-corrected chi connectivity index (χ1v) is 7.55. The molecule has 0 aliphatic rings. The van der Waals surface area contributed by atoms with E-state index in [9.17, 15) is 4.79 Å². The molecular weight excluding hydrogens is 347 g/mol. The van der Waals surface area contributed by atoms with Crippen molar-refractivity contribution in [2.24, 2.45) is 0 Å². The Morgan fingerprint density at radius 1 is 1.05 bits per heavy atom. The lowest BCUT2D eigenvalue weighted by Crippen LogP contribution is -2.18. The highest BCUT2D eigenvalue weighted by Gasteiger charge is 2.10. The third kappa shape index (κ3) is 4.29. The Labute approximate surface area is 143 Å². The van der Waals surface area contributed by atoms with Crippen molar-refractivity contribution in [2.45, 2.75) is 13.8 Å². The quantitative estimate of drug-likeness (QED) is 0.552. The maximum Gasteiger partial charge on any atom is 0.349 e. The number of halogens is 3. The summed E-state index contributed by atoms with van der Waals surface area (Å²) in [5, 5.41) is 1.48. The van der Waals surface area contributed by atoms with Gasteiger partial charge in [0.15, 0.2) is 6.61 Å². The average Bonchev–Trinajstić information content (AvgIpc) is 2.43. The predicted molar refractivity (Wildman–Crippen MR) is 88.5 cm³/mol. The number of rotatable bonds is 4. The van der Waals surface area contributed by atoms with Crippen molar-refractivity contribution in [3.63, 3.8) is 0 Å². The van der Waals surface area contributed by atoms with Gasteiger partial charge in [0.2, 0.25) is 0 Å². The van der Waals surface area contributed by atoms with Crippen molar-refractivity contribution >= 4 is 40.8 Å². The van der Waals surface area contributed by atoms with Crippen LogP contribution in [0.1, 0.15) is 11.1 Å². The minimum atomic E-state index is -0.535. The summed E-state index contributed by atoms with van der Waals surface area (Å²) in [6.45, 7) is 3.43. The number of carbonyl (C=O) groups excluding carboxylic acids is 1. The Morgan fingerprint density at radius 2 is 1.68 bits per heavy atom. The molecule has 0 unspecified atom stereocenters. The van der Waals surface area contributed by atoms with Crippen LogP contribution in [0.5, 0.6) is 11.5 Å². The van der Waals surface area contributed by atoms with Gasteiger partial charge in [0, 0.05) is 10.0 Å². The Balaban J connectivity index is 1.99. The van der Waals surface area contributed by atoms with Crippen LogP contribution in [0, 0.1) is 13.8 Å². The molecule has 2 aromatic carbocycles. The molecule has 0 N–H and O–H groups in total. The molecule has 0 bridgehead atoms. The highest BCUT2D eigenvalue weighted by atomic mass is 35.5. The van der Waals surface area contributed by atoms with Gasteiger partial charge in [0.1, 0.15) is 11.5 Å². The largest absolute Gasteiger partial charge is 0.480 e. The second-order valence-electron chi connectivity index (χ2n) is 4.71. The lowest BCUT2D eigenvalue weighted by atomic mass is 10.1. The van der Waals surface area contributed by atoms with Gasteiger partial charge in [-0.05, 0) is 55.3 Å². The molecule has 0 aliphatic heterocycles. The van der Waals surface area contributed by atoms with E-state index in [0.717, 1.165) is 11.1 Å². The molecule has 0 saturated carbocycles. The fourth-order valence-corrected chi connectivity index (χ4v) is 2.43. The van der Waals surface area contributed by atoms with Gasteiger partial charge in [-0.3, -0.25) is 0 Å². The van der Waals surface area contributed by atoms with E-state index in [1.807, 2.05) is 13.8 Å². The lowest BCUT2D eigenvalue weighted by Gasteiger charge is -2.10. The topological polar surface area (TPSA) is 35.5 Å². The van der Waals surface area contributed by atoms with E-state index in [0.29, 0.717) is 26.6 Å². The average molecular weight is 360 g/mol. The number of aryl methyl sites for hydroxylation is 2. The number of hydrogen-bond donors (Lipinski definition) is 0. The van der Waals surface area contributed by atoms with Gasteiger partial charge in [-0.1, -0.05) is 34.8 Å². The van der Waals surface area contributed by atoms with Gasteiger partial charge in [0.25, 0.3) is 0 Å². The number of hydrogen-bond acceptors (Lipinski definition) is 3. The van der Waals surface area contributed by atoms with Crippen molar-refractivity contribution in [3.8, 4) is 11.5 Å². The van der Waals surface area contributed by atoms with Gasteiger partial charge in [-0.25, -0.2) is 4.79 Å². The van der Waals surface area contributed by atoms with Crippen LogP contribution in [-0.4, -0.2) is 12.6 Å². The van der Waals surface area contributed by atoms with Crippen LogP contribution < -0.4 is 9.47 Å². The molecule has 0 fully saturated rings. The molecule has 3 nitrogen and oxygen atoms in total. The van der Waals surface area contributed by atoms with E-state index >= 15 is 0 Å². The fraction of sp³-hybridized carbons (Fsp3) is 0.188. The van der Waals surface area contributed by atoms with E-state index in [-0.39, 0.29) is 6.61 Å². The highest BCUT2D eigenvalue weighted by Crippen LogP contribution is 2.28. The van der Waals surface area contributed by atoms with E-state index < -0.39 is 5.97 Å². The predicted octanol–water partition coefficient (Wildman–Crippen LogP) is 5.25. The zero-order valence-corrected chi connectivity index (χ0v) is 14.2. The third-order valence-corrected chi connectivity index (χ3v) is 4.01. The summed E-state index contributed by atoms with van der Waals surface area (Å²) in [6.07, 6.45) is 0. The molecule has 0 spiro atoms. The lowest BCUT2D eigenvalue weighted by molar-refractivity contribution is -0.136. The van der Waals surface area contributed by atoms with Crippen molar-refractivity contribution in [1.82, 2.24) is 0 Å². The Hall–Kier alpha value is -1.42. The van der Waals surface area contributed by atoms with Crippen molar-refractivity contribution < 1.29 is 14.3 Å². The van der Waals surface area contributed by atoms with Gasteiger partial charge in [0.05, 0.1) is 5.02 Å². The third-order valence-electron chi connectivity index (χ3n) is 2.88. The summed E-state index contributed by atoms with van der Waals surface area (Å²) in [6, 6.07) is 8.15. The number of benzene rings is 2. The van der Waals surface area contributed by atoms with Crippen LogP contribution in [0.15, 0.2) is 30.3 Å². The summed E-state index contributed by atoms with van der Waals surface area (Å²) < 4.78 is 10.5. The second-order valence-corrected chi connectivity index (χ2v) is 5.93. The van der Waals surface area contributed by atoms with Crippen molar-refractivity contribution in [1.29, 1.82) is 0 Å². The monoisotopic (exact) mass is 358 g/mol. The molecule has 0 saturated heterocycles. The van der Waals surface area contributed by atoms with Crippen LogP contribution in [-0.2, 0) is 4.79 Å². The molecular formula is C16H13Cl3O3.